The molecule has 228 valence electrons. The number of aliphatic hydroxyl groups excluding tert-OH is 3. The van der Waals surface area contributed by atoms with Gasteiger partial charge in [0, 0.05) is 33.4 Å². The Morgan fingerprint density at radius 2 is 1.46 bits per heavy atom. The van der Waals surface area contributed by atoms with Gasteiger partial charge in [0.2, 0.25) is 5.91 Å². The van der Waals surface area contributed by atoms with E-state index in [4.69, 9.17) is 28.4 Å². The molecule has 10 atom stereocenters. The van der Waals surface area contributed by atoms with Crippen molar-refractivity contribution >= 4 is 29.5 Å². The third-order valence-corrected chi connectivity index (χ3v) is 6.34. The fourth-order valence-electron chi connectivity index (χ4n) is 4.69. The van der Waals surface area contributed by atoms with E-state index in [0.717, 1.165) is 20.8 Å². The van der Waals surface area contributed by atoms with Crippen LogP contribution in [0.25, 0.3) is 0 Å². The Morgan fingerprint density at radius 3 is 2.02 bits per heavy atom. The fourth-order valence-corrected chi connectivity index (χ4v) is 4.69. The lowest BCUT2D eigenvalue weighted by Crippen LogP contribution is -2.69. The highest BCUT2D eigenvalue weighted by Gasteiger charge is 2.54. The van der Waals surface area contributed by atoms with Crippen molar-refractivity contribution < 1.29 is 62.9 Å². The minimum Gasteiger partial charge on any atom is -0.463 e. The lowest BCUT2D eigenvalue weighted by atomic mass is 9.94. The number of carbonyl (C=O) groups is 4. The summed E-state index contributed by atoms with van der Waals surface area (Å²) in [6.07, 6.45) is -11.2. The van der Waals surface area contributed by atoms with Gasteiger partial charge in [-0.15, -0.1) is 0 Å². The van der Waals surface area contributed by atoms with E-state index >= 15 is 0 Å². The van der Waals surface area contributed by atoms with Gasteiger partial charge in [0.1, 0.15) is 43.1 Å². The van der Waals surface area contributed by atoms with Crippen LogP contribution in [0.4, 0.5) is 5.69 Å². The first-order valence-corrected chi connectivity index (χ1v) is 12.9. The van der Waals surface area contributed by atoms with Crippen LogP contribution in [-0.4, -0.2) is 114 Å². The summed E-state index contributed by atoms with van der Waals surface area (Å²) in [6.45, 7) is 3.50. The first-order chi connectivity index (χ1) is 19.4. The van der Waals surface area contributed by atoms with Crippen molar-refractivity contribution in [2.75, 3.05) is 18.5 Å². The molecule has 0 saturated carbocycles. The van der Waals surface area contributed by atoms with Crippen molar-refractivity contribution in [1.29, 1.82) is 0 Å². The smallest absolute Gasteiger partial charge is 0.303 e. The molecule has 3 rings (SSSR count). The summed E-state index contributed by atoms with van der Waals surface area (Å²) >= 11 is 0. The summed E-state index contributed by atoms with van der Waals surface area (Å²) in [7, 11) is 0. The fraction of sp³-hybridized carbons (Fsp3) is 0.615. The third kappa shape index (κ3) is 8.58. The first kappa shape index (κ1) is 32.2. The Labute approximate surface area is 236 Å². The molecule has 0 unspecified atom stereocenters. The third-order valence-electron chi connectivity index (χ3n) is 6.34. The van der Waals surface area contributed by atoms with Crippen LogP contribution in [0.5, 0.6) is 0 Å². The molecule has 2 aliphatic rings. The summed E-state index contributed by atoms with van der Waals surface area (Å²) in [5.41, 5.74) is 0.520. The van der Waals surface area contributed by atoms with Gasteiger partial charge in [0.15, 0.2) is 24.8 Å². The molecule has 1 aromatic carbocycles. The van der Waals surface area contributed by atoms with Gasteiger partial charge in [-0.05, 0) is 12.1 Å². The lowest BCUT2D eigenvalue weighted by Gasteiger charge is -2.49. The Balaban J connectivity index is 2.07. The second-order valence-corrected chi connectivity index (χ2v) is 9.60. The van der Waals surface area contributed by atoms with E-state index in [1.165, 1.54) is 6.92 Å². The molecule has 1 amide bonds. The number of carbonyl (C=O) groups excluding carboxylic acids is 4. The standard InChI is InChI=1S/C26H36N2O13/c1-12(30)27-19-23(21(34)17(10-29)39-25(19)35)41-26-20(28-16-8-6-5-7-9-16)24(38-15(4)33)22(37-14(3)32)18(40-26)11-36-13(2)31/h5-9,17-26,28-29,34-35H,10-11H2,1-4H3,(H,27,30)/t17-,18-,19-,20-,21+,22-,23-,24-,25+,26+/m1/s1. The number of nitrogens with one attached hydrogen (secondary N) is 2. The monoisotopic (exact) mass is 584 g/mol. The van der Waals surface area contributed by atoms with E-state index < -0.39 is 98.3 Å². The molecular formula is C26H36N2O13. The van der Waals surface area contributed by atoms with Gasteiger partial charge >= 0.3 is 17.9 Å². The molecular weight excluding hydrogens is 548 g/mol. The van der Waals surface area contributed by atoms with Gasteiger partial charge in [-0.3, -0.25) is 19.2 Å². The molecule has 5 N–H and O–H groups in total. The number of rotatable bonds is 10. The molecule has 2 fully saturated rings. The maximum Gasteiger partial charge on any atom is 0.303 e. The van der Waals surface area contributed by atoms with Gasteiger partial charge in [-0.1, -0.05) is 18.2 Å². The molecule has 0 aromatic heterocycles. The van der Waals surface area contributed by atoms with E-state index in [0.29, 0.717) is 5.69 Å². The Morgan fingerprint density at radius 1 is 0.829 bits per heavy atom. The van der Waals surface area contributed by atoms with E-state index in [-0.39, 0.29) is 0 Å². The van der Waals surface area contributed by atoms with Gasteiger partial charge in [0.05, 0.1) is 6.61 Å². The summed E-state index contributed by atoms with van der Waals surface area (Å²) in [6, 6.07) is 6.17. The normalized spacial score (nSPS) is 33.2. The Kier molecular flexibility index (Phi) is 11.4. The van der Waals surface area contributed by atoms with Crippen LogP contribution in [-0.2, 0) is 47.6 Å². The second-order valence-electron chi connectivity index (χ2n) is 9.60. The van der Waals surface area contributed by atoms with Crippen molar-refractivity contribution in [3.05, 3.63) is 30.3 Å². The highest BCUT2D eigenvalue weighted by Crippen LogP contribution is 2.33. The Hall–Kier alpha value is -3.34. The van der Waals surface area contributed by atoms with E-state index in [1.54, 1.807) is 30.3 Å². The van der Waals surface area contributed by atoms with Crippen LogP contribution < -0.4 is 10.6 Å². The molecule has 2 saturated heterocycles. The number of anilines is 1. The van der Waals surface area contributed by atoms with Crippen molar-refractivity contribution in [2.45, 2.75) is 89.0 Å². The highest BCUT2D eigenvalue weighted by molar-refractivity contribution is 5.73. The SMILES string of the molecule is CC(=O)N[C@@H]1[C@@H](O[C@@H]2O[C@H](COC(C)=O)[C@@H](OC(C)=O)[C@H](OC(C)=O)[C@H]2Nc2ccccc2)[C@@H](O)[C@@H](CO)O[C@@H]1O. The maximum atomic E-state index is 12.2. The number of ether oxygens (including phenoxy) is 6. The minimum atomic E-state index is -1.69. The van der Waals surface area contributed by atoms with Crippen molar-refractivity contribution in [3.8, 4) is 0 Å². The number of esters is 3. The number of hydrogen-bond acceptors (Lipinski definition) is 14. The molecule has 15 nitrogen and oxygen atoms in total. The minimum absolute atomic E-state index is 0.434. The topological polar surface area (TPSA) is 208 Å². The Bertz CT molecular complexity index is 1060. The average Bonchev–Trinajstić information content (AvgIpc) is 2.89. The average molecular weight is 585 g/mol. The molecule has 41 heavy (non-hydrogen) atoms. The summed E-state index contributed by atoms with van der Waals surface area (Å²) < 4.78 is 33.7. The van der Waals surface area contributed by atoms with Gasteiger partial charge in [0.25, 0.3) is 0 Å². The zero-order chi connectivity index (χ0) is 30.3. The van der Waals surface area contributed by atoms with Gasteiger partial charge in [-0.2, -0.15) is 0 Å². The van der Waals surface area contributed by atoms with Crippen LogP contribution in [0.2, 0.25) is 0 Å². The number of aliphatic hydroxyl groups is 3. The zero-order valence-corrected chi connectivity index (χ0v) is 23.0. The summed E-state index contributed by atoms with van der Waals surface area (Å²) in [5.74, 6) is -2.72. The van der Waals surface area contributed by atoms with Crippen LogP contribution in [0.15, 0.2) is 30.3 Å². The van der Waals surface area contributed by atoms with Crippen LogP contribution >= 0.6 is 0 Å². The first-order valence-electron chi connectivity index (χ1n) is 12.9. The van der Waals surface area contributed by atoms with Crippen molar-refractivity contribution in [3.63, 3.8) is 0 Å². The number of para-hydroxylation sites is 1. The molecule has 15 heteroatoms. The lowest BCUT2D eigenvalue weighted by molar-refractivity contribution is -0.321. The predicted molar refractivity (Wildman–Crippen MR) is 137 cm³/mol. The quantitative estimate of drug-likeness (QED) is 0.158. The molecule has 0 radical (unpaired) electrons. The van der Waals surface area contributed by atoms with Crippen LogP contribution in [0, 0.1) is 0 Å². The molecule has 0 aliphatic carbocycles. The molecule has 0 spiro atoms. The molecule has 2 aliphatic heterocycles. The van der Waals surface area contributed by atoms with E-state index in [1.807, 2.05) is 0 Å². The predicted octanol–water partition coefficient (Wildman–Crippen LogP) is -1.42. The molecule has 0 bridgehead atoms. The number of benzene rings is 1. The van der Waals surface area contributed by atoms with Crippen LogP contribution in [0.3, 0.4) is 0 Å². The number of hydrogen-bond donors (Lipinski definition) is 5. The molecule has 2 heterocycles. The maximum absolute atomic E-state index is 12.2. The second kappa shape index (κ2) is 14.5. The molecule has 1 aromatic rings. The van der Waals surface area contributed by atoms with E-state index in [2.05, 4.69) is 10.6 Å². The largest absolute Gasteiger partial charge is 0.463 e. The van der Waals surface area contributed by atoms with Gasteiger partial charge < -0.3 is 54.4 Å². The van der Waals surface area contributed by atoms with Crippen molar-refractivity contribution in [2.24, 2.45) is 0 Å². The van der Waals surface area contributed by atoms with Crippen LogP contribution in [0.1, 0.15) is 27.7 Å². The summed E-state index contributed by atoms with van der Waals surface area (Å²) in [4.78, 5) is 47.8. The van der Waals surface area contributed by atoms with E-state index in [9.17, 15) is 34.5 Å². The highest BCUT2D eigenvalue weighted by atomic mass is 16.7. The van der Waals surface area contributed by atoms with Crippen molar-refractivity contribution in [1.82, 2.24) is 5.32 Å². The zero-order valence-electron chi connectivity index (χ0n) is 23.0. The number of amides is 1. The summed E-state index contributed by atoms with van der Waals surface area (Å²) in [5, 5.41) is 36.9. The van der Waals surface area contributed by atoms with Gasteiger partial charge in [-0.25, -0.2) is 0 Å².